The van der Waals surface area contributed by atoms with E-state index >= 15 is 0 Å². The first-order chi connectivity index (χ1) is 13.0. The zero-order valence-corrected chi connectivity index (χ0v) is 17.2. The lowest BCUT2D eigenvalue weighted by molar-refractivity contribution is -0.116. The number of halogens is 1. The smallest absolute Gasteiger partial charge is 0.225 e. The number of benzene rings is 1. The summed E-state index contributed by atoms with van der Waals surface area (Å²) in [6.45, 7) is 4.63. The maximum Gasteiger partial charge on any atom is 0.225 e. The van der Waals surface area contributed by atoms with Crippen LogP contribution < -0.4 is 10.1 Å². The van der Waals surface area contributed by atoms with Gasteiger partial charge in [0.2, 0.25) is 5.91 Å². The molecule has 1 amide bonds. The third-order valence-corrected chi connectivity index (χ3v) is 6.22. The van der Waals surface area contributed by atoms with Crippen molar-refractivity contribution >= 4 is 33.8 Å². The van der Waals surface area contributed by atoms with Gasteiger partial charge < -0.3 is 10.1 Å². The summed E-state index contributed by atoms with van der Waals surface area (Å²) in [5.74, 6) is 1.35. The number of hydrogen-bond acceptors (Lipinski definition) is 4. The van der Waals surface area contributed by atoms with Crippen LogP contribution in [0.5, 0.6) is 5.75 Å². The number of fused-ring (bicyclic) bond motifs is 1. The van der Waals surface area contributed by atoms with Gasteiger partial charge in [-0.05, 0) is 67.9 Å². The highest BCUT2D eigenvalue weighted by Gasteiger charge is 2.24. The zero-order valence-electron chi connectivity index (χ0n) is 15.6. The van der Waals surface area contributed by atoms with Crippen molar-refractivity contribution in [3.8, 4) is 11.8 Å². The number of amides is 1. The highest BCUT2D eigenvalue weighted by atomic mass is 35.5. The third kappa shape index (κ3) is 4.82. The van der Waals surface area contributed by atoms with E-state index in [1.807, 2.05) is 19.1 Å². The molecule has 3 rings (SSSR count). The minimum absolute atomic E-state index is 0.0745. The first-order valence-corrected chi connectivity index (χ1v) is 10.4. The molecule has 1 N–H and O–H groups in total. The summed E-state index contributed by atoms with van der Waals surface area (Å²) in [7, 11) is 0. The molecule has 0 spiro atoms. The van der Waals surface area contributed by atoms with Gasteiger partial charge in [-0.1, -0.05) is 18.5 Å². The molecule has 0 saturated heterocycles. The van der Waals surface area contributed by atoms with Crippen molar-refractivity contribution < 1.29 is 9.53 Å². The number of carbonyl (C=O) groups is 1. The Bertz CT molecular complexity index is 885. The molecule has 1 aromatic heterocycles. The number of thiophene rings is 1. The van der Waals surface area contributed by atoms with E-state index in [1.54, 1.807) is 17.4 Å². The number of hydrogen-bond donors (Lipinski definition) is 1. The minimum Gasteiger partial charge on any atom is -0.493 e. The molecule has 1 aromatic carbocycles. The van der Waals surface area contributed by atoms with Crippen LogP contribution in [0.2, 0.25) is 5.02 Å². The summed E-state index contributed by atoms with van der Waals surface area (Å²) < 4.78 is 5.73. The summed E-state index contributed by atoms with van der Waals surface area (Å²) >= 11 is 7.50. The van der Waals surface area contributed by atoms with Crippen LogP contribution in [0.3, 0.4) is 0 Å². The zero-order chi connectivity index (χ0) is 19.4. The molecule has 0 saturated carbocycles. The van der Waals surface area contributed by atoms with E-state index in [0.717, 1.165) is 36.1 Å². The van der Waals surface area contributed by atoms with Gasteiger partial charge in [-0.25, -0.2) is 0 Å². The van der Waals surface area contributed by atoms with E-state index < -0.39 is 0 Å². The maximum atomic E-state index is 12.3. The molecule has 1 atom stereocenters. The van der Waals surface area contributed by atoms with E-state index in [0.29, 0.717) is 41.0 Å². The molecule has 4 nitrogen and oxygen atoms in total. The summed E-state index contributed by atoms with van der Waals surface area (Å²) in [6.07, 6.45) is 4.00. The highest BCUT2D eigenvalue weighted by Crippen LogP contribution is 2.39. The Morgan fingerprint density at radius 1 is 1.48 bits per heavy atom. The Morgan fingerprint density at radius 3 is 3.04 bits per heavy atom. The van der Waals surface area contributed by atoms with Gasteiger partial charge in [-0.15, -0.1) is 11.3 Å². The monoisotopic (exact) mass is 402 g/mol. The Balaban J connectivity index is 1.52. The molecule has 0 aliphatic heterocycles. The van der Waals surface area contributed by atoms with Crippen LogP contribution in [0.1, 0.15) is 47.8 Å². The van der Waals surface area contributed by atoms with Gasteiger partial charge in [0.25, 0.3) is 0 Å². The Morgan fingerprint density at radius 2 is 2.30 bits per heavy atom. The maximum absolute atomic E-state index is 12.3. The Kier molecular flexibility index (Phi) is 6.41. The molecule has 142 valence electrons. The fourth-order valence-corrected chi connectivity index (χ4v) is 4.94. The number of nitrogens with zero attached hydrogens (tertiary/aromatic N) is 1. The third-order valence-electron chi connectivity index (χ3n) is 4.82. The number of nitrogens with one attached hydrogen (secondary N) is 1. The second-order valence-corrected chi connectivity index (χ2v) is 8.62. The van der Waals surface area contributed by atoms with Crippen LogP contribution in [0, 0.1) is 24.2 Å². The topological polar surface area (TPSA) is 62.1 Å². The molecular formula is C21H23ClN2O2S. The lowest BCUT2D eigenvalue weighted by Gasteiger charge is -2.17. The second kappa shape index (κ2) is 8.77. The van der Waals surface area contributed by atoms with Crippen molar-refractivity contribution in [1.29, 1.82) is 5.26 Å². The van der Waals surface area contributed by atoms with Gasteiger partial charge in [-0.3, -0.25) is 4.79 Å². The summed E-state index contributed by atoms with van der Waals surface area (Å²) in [6, 6.07) is 7.77. The fourth-order valence-electron chi connectivity index (χ4n) is 3.34. The van der Waals surface area contributed by atoms with Crippen LogP contribution in [-0.4, -0.2) is 12.5 Å². The van der Waals surface area contributed by atoms with Gasteiger partial charge >= 0.3 is 0 Å². The standard InChI is InChI=1S/C21H23ClN2O2S/c1-13-5-7-16-17(12-23)21(27-19(16)10-13)24-20(25)4-3-9-26-18-8-6-15(22)11-14(18)2/h6,8,11,13H,3-5,7,9-10H2,1-2H3,(H,24,25)/t13-/m1/s1. The number of anilines is 1. The fraction of sp³-hybridized carbons (Fsp3) is 0.429. The number of ether oxygens (including phenoxy) is 1. The van der Waals surface area contributed by atoms with Crippen molar-refractivity contribution in [2.75, 3.05) is 11.9 Å². The molecule has 0 unspecified atom stereocenters. The quantitative estimate of drug-likeness (QED) is 0.648. The SMILES string of the molecule is Cc1cc(Cl)ccc1OCCCC(=O)Nc1sc2c(c1C#N)CC[C@@H](C)C2. The van der Waals surface area contributed by atoms with Crippen LogP contribution in [0.15, 0.2) is 18.2 Å². The summed E-state index contributed by atoms with van der Waals surface area (Å²) in [4.78, 5) is 13.5. The van der Waals surface area contributed by atoms with E-state index in [-0.39, 0.29) is 5.91 Å². The van der Waals surface area contributed by atoms with E-state index in [1.165, 1.54) is 4.88 Å². The predicted molar refractivity (Wildman–Crippen MR) is 110 cm³/mol. The van der Waals surface area contributed by atoms with Gasteiger partial charge in [-0.2, -0.15) is 5.26 Å². The molecule has 0 fully saturated rings. The molecule has 6 heteroatoms. The average Bonchev–Trinajstić information content (AvgIpc) is 2.96. The van der Waals surface area contributed by atoms with Crippen molar-refractivity contribution in [2.24, 2.45) is 5.92 Å². The summed E-state index contributed by atoms with van der Waals surface area (Å²) in [5.41, 5.74) is 2.77. The summed E-state index contributed by atoms with van der Waals surface area (Å²) in [5, 5.41) is 13.8. The van der Waals surface area contributed by atoms with E-state index in [4.69, 9.17) is 16.3 Å². The van der Waals surface area contributed by atoms with E-state index in [2.05, 4.69) is 18.3 Å². The Labute approximate surface area is 169 Å². The average molecular weight is 403 g/mol. The molecule has 1 heterocycles. The molecule has 0 bridgehead atoms. The van der Waals surface area contributed by atoms with Crippen LogP contribution >= 0.6 is 22.9 Å². The molecule has 0 radical (unpaired) electrons. The normalized spacial score (nSPS) is 15.7. The molecule has 2 aromatic rings. The van der Waals surface area contributed by atoms with Crippen molar-refractivity contribution in [3.63, 3.8) is 0 Å². The van der Waals surface area contributed by atoms with Crippen LogP contribution in [0.4, 0.5) is 5.00 Å². The van der Waals surface area contributed by atoms with Gasteiger partial charge in [0, 0.05) is 16.3 Å². The van der Waals surface area contributed by atoms with Gasteiger partial charge in [0.15, 0.2) is 0 Å². The molecule has 1 aliphatic rings. The van der Waals surface area contributed by atoms with Crippen molar-refractivity contribution in [1.82, 2.24) is 0 Å². The second-order valence-electron chi connectivity index (χ2n) is 7.08. The van der Waals surface area contributed by atoms with Crippen molar-refractivity contribution in [2.45, 2.75) is 46.0 Å². The van der Waals surface area contributed by atoms with Crippen LogP contribution in [-0.2, 0) is 17.6 Å². The number of aryl methyl sites for hydroxylation is 1. The molecule has 1 aliphatic carbocycles. The number of rotatable bonds is 6. The molecular weight excluding hydrogens is 380 g/mol. The molecule has 27 heavy (non-hydrogen) atoms. The van der Waals surface area contributed by atoms with Crippen molar-refractivity contribution in [3.05, 3.63) is 44.8 Å². The van der Waals surface area contributed by atoms with Crippen LogP contribution in [0.25, 0.3) is 0 Å². The largest absolute Gasteiger partial charge is 0.493 e. The minimum atomic E-state index is -0.0745. The van der Waals surface area contributed by atoms with Gasteiger partial charge in [0.05, 0.1) is 12.2 Å². The first kappa shape index (κ1) is 19.7. The predicted octanol–water partition coefficient (Wildman–Crippen LogP) is 5.50. The number of carbonyl (C=O) groups excluding carboxylic acids is 1. The highest BCUT2D eigenvalue weighted by molar-refractivity contribution is 7.16. The lowest BCUT2D eigenvalue weighted by Crippen LogP contribution is -2.13. The number of nitriles is 1. The Hall–Kier alpha value is -2.03. The van der Waals surface area contributed by atoms with E-state index in [9.17, 15) is 10.1 Å². The lowest BCUT2D eigenvalue weighted by atomic mass is 9.89. The first-order valence-electron chi connectivity index (χ1n) is 9.21. The van der Waals surface area contributed by atoms with Gasteiger partial charge in [0.1, 0.15) is 16.8 Å².